The van der Waals surface area contributed by atoms with Crippen molar-refractivity contribution in [3.63, 3.8) is 0 Å². The van der Waals surface area contributed by atoms with Gasteiger partial charge in [0.2, 0.25) is 53.2 Å². The molecule has 2 aromatic carbocycles. The topological polar surface area (TPSA) is 385 Å². The summed E-state index contributed by atoms with van der Waals surface area (Å²) in [6, 6.07) is 7.49. The maximum absolute atomic E-state index is 14.7. The first-order valence-electron chi connectivity index (χ1n) is 26.0. The van der Waals surface area contributed by atoms with Gasteiger partial charge in [0.15, 0.2) is 11.9 Å². The number of fused-ring (bicyclic) bond motifs is 3. The molecule has 4 heterocycles. The van der Waals surface area contributed by atoms with Crippen molar-refractivity contribution in [2.45, 2.75) is 138 Å². The van der Waals surface area contributed by atoms with E-state index in [0.717, 1.165) is 0 Å². The highest BCUT2D eigenvalue weighted by molar-refractivity contribution is 5.99. The quantitative estimate of drug-likeness (QED) is 0.0527. The molecule has 0 aromatic heterocycles. The average molecular weight is 1060 g/mol. The Morgan fingerprint density at radius 2 is 0.974 bits per heavy atom. The van der Waals surface area contributed by atoms with Gasteiger partial charge >= 0.3 is 0 Å². The number of aliphatic hydroxyl groups is 1. The van der Waals surface area contributed by atoms with Crippen LogP contribution < -0.4 is 54.8 Å². The molecule has 0 aliphatic carbocycles. The van der Waals surface area contributed by atoms with Crippen molar-refractivity contribution in [3.8, 4) is 0 Å². The van der Waals surface area contributed by atoms with E-state index in [1.807, 2.05) is 0 Å². The number of hydrogen-bond donors (Lipinski definition) is 11. The summed E-state index contributed by atoms with van der Waals surface area (Å²) >= 11 is 0. The van der Waals surface area contributed by atoms with Crippen LogP contribution in [-0.4, -0.2) is 179 Å². The largest absolute Gasteiger partial charge is 0.391 e. The summed E-state index contributed by atoms with van der Waals surface area (Å²) in [4.78, 5) is 141. The maximum atomic E-state index is 14.7. The van der Waals surface area contributed by atoms with Gasteiger partial charge in [0, 0.05) is 45.6 Å². The van der Waals surface area contributed by atoms with Crippen LogP contribution in [0.5, 0.6) is 0 Å². The number of nitrogens with zero attached hydrogens (tertiary/aromatic N) is 5. The molecule has 0 spiro atoms. The summed E-state index contributed by atoms with van der Waals surface area (Å²) < 4.78 is 0. The molecular weight excluding hydrogens is 983 g/mol. The summed E-state index contributed by atoms with van der Waals surface area (Å²) in [7, 11) is 0. The van der Waals surface area contributed by atoms with Crippen molar-refractivity contribution < 1.29 is 48.3 Å². The van der Waals surface area contributed by atoms with E-state index in [9.17, 15) is 48.3 Å². The highest BCUT2D eigenvalue weighted by atomic mass is 16.3. The second-order valence-corrected chi connectivity index (χ2v) is 19.6. The molecule has 25 nitrogen and oxygen atoms in total. The monoisotopic (exact) mass is 1060 g/mol. The summed E-state index contributed by atoms with van der Waals surface area (Å²) in [6.07, 6.45) is 0.687. The predicted molar refractivity (Wildman–Crippen MR) is 279 cm³/mol. The fraction of sp³-hybridized carbons (Fsp3) is 0.549. The Kier molecular flexibility index (Phi) is 20.9. The lowest BCUT2D eigenvalue weighted by Gasteiger charge is -2.33. The molecule has 9 atom stereocenters. The first-order valence-corrected chi connectivity index (χ1v) is 26.0. The van der Waals surface area contributed by atoms with Gasteiger partial charge in [-0.15, -0.1) is 0 Å². The molecule has 0 unspecified atom stereocenters. The van der Waals surface area contributed by atoms with Crippen LogP contribution in [0.2, 0.25) is 0 Å². The van der Waals surface area contributed by atoms with Gasteiger partial charge in [-0.3, -0.25) is 53.1 Å². The second kappa shape index (κ2) is 27.6. The van der Waals surface area contributed by atoms with E-state index in [1.165, 1.54) is 21.6 Å². The van der Waals surface area contributed by atoms with Gasteiger partial charge in [0.05, 0.1) is 12.6 Å². The Labute approximate surface area is 441 Å². The smallest absolute Gasteiger partial charge is 0.248 e. The number of amides is 9. The first kappa shape index (κ1) is 57.4. The zero-order valence-electron chi connectivity index (χ0n) is 42.9. The van der Waals surface area contributed by atoms with Crippen molar-refractivity contribution in [1.29, 1.82) is 0 Å². The van der Waals surface area contributed by atoms with Crippen LogP contribution in [-0.2, 0) is 56.0 Å². The fourth-order valence-electron chi connectivity index (χ4n) is 10.1. The summed E-state index contributed by atoms with van der Waals surface area (Å²) in [5.74, 6) is -6.77. The van der Waals surface area contributed by atoms with Gasteiger partial charge in [-0.25, -0.2) is 0 Å². The molecule has 4 aliphatic rings. The average Bonchev–Trinajstić information content (AvgIpc) is 4.21. The molecule has 9 amide bonds. The van der Waals surface area contributed by atoms with Crippen LogP contribution in [0.25, 0.3) is 0 Å². The summed E-state index contributed by atoms with van der Waals surface area (Å²) in [5.41, 5.74) is 23.6. The fourth-order valence-corrected chi connectivity index (χ4v) is 10.1. The minimum absolute atomic E-state index is 0.0107. The number of rotatable bonds is 13. The number of aliphatic imine (C=N–C) groups is 2. The van der Waals surface area contributed by atoms with Crippen molar-refractivity contribution >= 4 is 65.1 Å². The standard InChI is InChI=1S/C51H73N15O10/c1-30(67)41-49(76)65-25-11-20-38(65)46(73)62-36(28-32-15-6-3-7-16-32)43(70)60-33(17-8-22-56-50(52)53)42(69)61-34(18-9-23-57-51(54)55)47(74)66-26-12-21-39(66)48(75)64-24-10-19-37(64)45(72)58-29-40(68)59-35(44(71)63-41)27-31-13-4-2-5-14-31/h2-7,13-16,30,33-39,41,67H,8-12,17-29H2,1H3,(H,58,72)(H,59,68)(H,60,70)(H,61,69)(H,62,73)(H,63,71)(H4,52,53,56)(H4,54,55,57)/t30-,33+,34+,35+,36+,37+,38+,39+,41+/m1/s1. The highest BCUT2D eigenvalue weighted by Crippen LogP contribution is 2.27. The molecule has 4 fully saturated rings. The molecule has 0 bridgehead atoms. The Morgan fingerprint density at radius 1 is 0.539 bits per heavy atom. The van der Waals surface area contributed by atoms with Gasteiger partial charge in [0.1, 0.15) is 48.3 Å². The normalized spacial score (nSPS) is 26.1. The number of nitrogens with one attached hydrogen (secondary N) is 6. The van der Waals surface area contributed by atoms with E-state index in [-0.39, 0.29) is 102 Å². The first-order chi connectivity index (χ1) is 36.4. The summed E-state index contributed by atoms with van der Waals surface area (Å²) in [6.45, 7) is 1.27. The molecule has 412 valence electrons. The second-order valence-electron chi connectivity index (χ2n) is 19.6. The Morgan fingerprint density at radius 3 is 1.51 bits per heavy atom. The molecule has 15 N–H and O–H groups in total. The molecule has 2 aromatic rings. The third-order valence-corrected chi connectivity index (χ3v) is 14.0. The number of guanidine groups is 2. The predicted octanol–water partition coefficient (Wildman–Crippen LogP) is -3.51. The van der Waals surface area contributed by atoms with Crippen molar-refractivity contribution in [2.75, 3.05) is 39.3 Å². The Bertz CT molecular complexity index is 2450. The van der Waals surface area contributed by atoms with Crippen LogP contribution in [0.3, 0.4) is 0 Å². The third-order valence-electron chi connectivity index (χ3n) is 14.0. The third kappa shape index (κ3) is 15.8. The van der Waals surface area contributed by atoms with Crippen LogP contribution in [0, 0.1) is 0 Å². The van der Waals surface area contributed by atoms with Gasteiger partial charge in [-0.05, 0) is 82.3 Å². The SMILES string of the molecule is C[C@@H](O)[C@@H]1NC(=O)[C@H](Cc2ccccc2)NC(=O)CNC(=O)[C@@H]2CCCN2C(=O)[C@@H]2CCCN2C(=O)[C@H](CCCN=C(N)N)NC(=O)[C@H](CCCN=C(N)N)NC(=O)[C@H](Cc2ccccc2)NC(=O)[C@@H]2CCCN2C1=O. The summed E-state index contributed by atoms with van der Waals surface area (Å²) in [5, 5.41) is 27.3. The number of benzene rings is 2. The Balaban J connectivity index is 1.37. The number of nitrogens with two attached hydrogens (primary N) is 4. The minimum Gasteiger partial charge on any atom is -0.391 e. The maximum Gasteiger partial charge on any atom is 0.248 e. The van der Waals surface area contributed by atoms with E-state index >= 15 is 0 Å². The molecule has 25 heteroatoms. The lowest BCUT2D eigenvalue weighted by atomic mass is 10.0. The molecule has 4 saturated heterocycles. The van der Waals surface area contributed by atoms with Crippen LogP contribution in [0.4, 0.5) is 0 Å². The number of hydrogen-bond acceptors (Lipinski definition) is 12. The van der Waals surface area contributed by atoms with E-state index in [1.54, 1.807) is 60.7 Å². The van der Waals surface area contributed by atoms with Gasteiger partial charge in [0.25, 0.3) is 0 Å². The van der Waals surface area contributed by atoms with E-state index in [0.29, 0.717) is 30.4 Å². The van der Waals surface area contributed by atoms with Crippen molar-refractivity contribution in [3.05, 3.63) is 71.8 Å². The highest BCUT2D eigenvalue weighted by Gasteiger charge is 2.45. The van der Waals surface area contributed by atoms with E-state index < -0.39 is 114 Å². The Hall–Kier alpha value is -7.83. The van der Waals surface area contributed by atoms with Gasteiger partial charge in [-0.2, -0.15) is 0 Å². The molecule has 0 radical (unpaired) electrons. The van der Waals surface area contributed by atoms with Gasteiger partial charge in [-0.1, -0.05) is 60.7 Å². The molecule has 6 rings (SSSR count). The van der Waals surface area contributed by atoms with E-state index in [4.69, 9.17) is 22.9 Å². The lowest BCUT2D eigenvalue weighted by Crippen LogP contribution is -2.61. The van der Waals surface area contributed by atoms with Gasteiger partial charge < -0.3 is 74.6 Å². The zero-order chi connectivity index (χ0) is 54.9. The van der Waals surface area contributed by atoms with E-state index in [2.05, 4.69) is 41.9 Å². The van der Waals surface area contributed by atoms with Crippen LogP contribution in [0.1, 0.15) is 82.3 Å². The minimum atomic E-state index is -1.59. The van der Waals surface area contributed by atoms with Crippen molar-refractivity contribution in [1.82, 2.24) is 46.6 Å². The number of carbonyl (C=O) groups is 9. The van der Waals surface area contributed by atoms with Crippen LogP contribution >= 0.6 is 0 Å². The number of carbonyl (C=O) groups excluding carboxylic acids is 9. The molecule has 0 saturated carbocycles. The van der Waals surface area contributed by atoms with Crippen molar-refractivity contribution in [2.24, 2.45) is 32.9 Å². The number of aliphatic hydroxyl groups excluding tert-OH is 1. The lowest BCUT2D eigenvalue weighted by molar-refractivity contribution is -0.148. The molecule has 4 aliphatic heterocycles. The molecular formula is C51H73N15O10. The zero-order valence-corrected chi connectivity index (χ0v) is 42.9. The molecule has 76 heavy (non-hydrogen) atoms. The van der Waals surface area contributed by atoms with Crippen LogP contribution in [0.15, 0.2) is 70.6 Å².